The first kappa shape index (κ1) is 19.8. The van der Waals surface area contributed by atoms with Crippen LogP contribution in [0, 0.1) is 0 Å². The Balaban J connectivity index is 1.37. The molecular formula is C19H24N4O2S2. The van der Waals surface area contributed by atoms with Crippen molar-refractivity contribution in [2.24, 2.45) is 0 Å². The fourth-order valence-corrected chi connectivity index (χ4v) is 4.63. The zero-order valence-corrected chi connectivity index (χ0v) is 16.8. The van der Waals surface area contributed by atoms with E-state index in [0.29, 0.717) is 34.1 Å². The van der Waals surface area contributed by atoms with Crippen molar-refractivity contribution >= 4 is 40.0 Å². The molecule has 0 unspecified atom stereocenters. The molecule has 0 spiro atoms. The fraction of sp³-hybridized carbons (Fsp3) is 0.474. The number of hydrogen-bond donors (Lipinski definition) is 2. The molecule has 1 heterocycles. The number of thioether (sulfide) groups is 1. The molecular weight excluding hydrogens is 380 g/mol. The summed E-state index contributed by atoms with van der Waals surface area (Å²) in [6, 6.07) is 10.2. The van der Waals surface area contributed by atoms with Crippen molar-refractivity contribution in [2.45, 2.75) is 55.3 Å². The zero-order chi connectivity index (χ0) is 18.9. The van der Waals surface area contributed by atoms with E-state index in [1.807, 2.05) is 30.3 Å². The van der Waals surface area contributed by atoms with Crippen LogP contribution in [0.5, 0.6) is 0 Å². The van der Waals surface area contributed by atoms with Crippen molar-refractivity contribution < 1.29 is 9.59 Å². The summed E-state index contributed by atoms with van der Waals surface area (Å²) in [5, 5.41) is 14.4. The van der Waals surface area contributed by atoms with Crippen LogP contribution in [0.15, 0.2) is 34.7 Å². The molecule has 0 saturated heterocycles. The average molecular weight is 405 g/mol. The molecule has 2 aromatic rings. The van der Waals surface area contributed by atoms with E-state index in [1.54, 1.807) is 0 Å². The summed E-state index contributed by atoms with van der Waals surface area (Å²) in [7, 11) is 0. The van der Waals surface area contributed by atoms with Crippen LogP contribution in [0.2, 0.25) is 0 Å². The number of aryl methyl sites for hydroxylation is 1. The minimum Gasteiger partial charge on any atom is -0.353 e. The van der Waals surface area contributed by atoms with Gasteiger partial charge in [-0.25, -0.2) is 0 Å². The van der Waals surface area contributed by atoms with Crippen LogP contribution >= 0.6 is 23.1 Å². The van der Waals surface area contributed by atoms with Crippen molar-refractivity contribution in [3.8, 4) is 0 Å². The van der Waals surface area contributed by atoms with Crippen molar-refractivity contribution in [2.75, 3.05) is 11.1 Å². The van der Waals surface area contributed by atoms with E-state index < -0.39 is 0 Å². The summed E-state index contributed by atoms with van der Waals surface area (Å²) < 4.78 is 0.687. The van der Waals surface area contributed by atoms with Gasteiger partial charge in [0.2, 0.25) is 16.9 Å². The Labute approximate surface area is 167 Å². The van der Waals surface area contributed by atoms with Crippen LogP contribution < -0.4 is 10.6 Å². The van der Waals surface area contributed by atoms with Gasteiger partial charge in [0.25, 0.3) is 0 Å². The summed E-state index contributed by atoms with van der Waals surface area (Å²) in [6.45, 7) is 0. The van der Waals surface area contributed by atoms with Crippen molar-refractivity contribution in [1.82, 2.24) is 15.5 Å². The number of carbonyl (C=O) groups is 2. The minimum atomic E-state index is -0.0819. The second kappa shape index (κ2) is 10.4. The maximum Gasteiger partial charge on any atom is 0.230 e. The molecule has 6 nitrogen and oxygen atoms in total. The molecule has 1 saturated carbocycles. The highest BCUT2D eigenvalue weighted by Gasteiger charge is 2.16. The minimum absolute atomic E-state index is 0.0375. The van der Waals surface area contributed by atoms with Gasteiger partial charge in [0.05, 0.1) is 5.75 Å². The Bertz CT molecular complexity index is 745. The Morgan fingerprint density at radius 1 is 1.07 bits per heavy atom. The van der Waals surface area contributed by atoms with Crippen molar-refractivity contribution in [1.29, 1.82) is 0 Å². The van der Waals surface area contributed by atoms with Gasteiger partial charge < -0.3 is 10.6 Å². The van der Waals surface area contributed by atoms with Gasteiger partial charge in [-0.2, -0.15) is 0 Å². The fourth-order valence-electron chi connectivity index (χ4n) is 3.05. The summed E-state index contributed by atoms with van der Waals surface area (Å²) in [6.07, 6.45) is 6.91. The Morgan fingerprint density at radius 2 is 1.85 bits per heavy atom. The first-order valence-electron chi connectivity index (χ1n) is 9.28. The van der Waals surface area contributed by atoms with Gasteiger partial charge in [0.1, 0.15) is 0 Å². The monoisotopic (exact) mass is 404 g/mol. The van der Waals surface area contributed by atoms with Gasteiger partial charge in [-0.3, -0.25) is 9.59 Å². The summed E-state index contributed by atoms with van der Waals surface area (Å²) >= 11 is 2.66. The molecule has 1 aromatic heterocycles. The zero-order valence-electron chi connectivity index (χ0n) is 15.1. The van der Waals surface area contributed by atoms with Gasteiger partial charge >= 0.3 is 0 Å². The molecule has 1 aliphatic rings. The molecule has 0 atom stereocenters. The lowest BCUT2D eigenvalue weighted by Gasteiger charge is -2.22. The quantitative estimate of drug-likeness (QED) is 0.518. The van der Waals surface area contributed by atoms with Gasteiger partial charge in [0.15, 0.2) is 4.34 Å². The van der Waals surface area contributed by atoms with Crippen LogP contribution in [-0.2, 0) is 16.0 Å². The van der Waals surface area contributed by atoms with E-state index >= 15 is 0 Å². The van der Waals surface area contributed by atoms with Crippen LogP contribution in [-0.4, -0.2) is 33.8 Å². The Morgan fingerprint density at radius 3 is 2.63 bits per heavy atom. The molecule has 0 aliphatic heterocycles. The molecule has 1 aliphatic carbocycles. The molecule has 1 aromatic carbocycles. The number of nitrogens with one attached hydrogen (secondary N) is 2. The first-order valence-corrected chi connectivity index (χ1v) is 11.1. The van der Waals surface area contributed by atoms with Crippen molar-refractivity contribution in [3.63, 3.8) is 0 Å². The molecule has 3 rings (SSSR count). The highest BCUT2D eigenvalue weighted by atomic mass is 32.2. The second-order valence-electron chi connectivity index (χ2n) is 6.60. The normalized spacial score (nSPS) is 14.7. The predicted molar refractivity (Wildman–Crippen MR) is 109 cm³/mol. The maximum absolute atomic E-state index is 12.0. The van der Waals surface area contributed by atoms with Gasteiger partial charge in [-0.1, -0.05) is 72.7 Å². The molecule has 144 valence electrons. The number of carbonyl (C=O) groups excluding carboxylic acids is 2. The third-order valence-electron chi connectivity index (χ3n) is 4.43. The predicted octanol–water partition coefficient (Wildman–Crippen LogP) is 3.65. The molecule has 0 radical (unpaired) electrons. The average Bonchev–Trinajstić information content (AvgIpc) is 3.14. The molecule has 2 amide bonds. The summed E-state index contributed by atoms with van der Waals surface area (Å²) in [5.41, 5.74) is 1.13. The second-order valence-corrected chi connectivity index (χ2v) is 8.80. The number of benzene rings is 1. The molecule has 1 fully saturated rings. The lowest BCUT2D eigenvalue weighted by molar-refractivity contribution is -0.119. The number of hydrogen-bond acceptors (Lipinski definition) is 6. The van der Waals surface area contributed by atoms with Crippen molar-refractivity contribution in [3.05, 3.63) is 35.9 Å². The molecule has 27 heavy (non-hydrogen) atoms. The number of rotatable bonds is 8. The largest absolute Gasteiger partial charge is 0.353 e. The van der Waals surface area contributed by atoms with E-state index in [1.165, 1.54) is 42.4 Å². The standard InChI is InChI=1S/C19H24N4O2S2/c24-16(12-11-14-7-3-1-4-8-14)21-18-22-23-19(27-18)26-13-17(25)20-15-9-5-2-6-10-15/h1,3-4,7-8,15H,2,5-6,9-13H2,(H,20,25)(H,21,22,24). The molecule has 0 bridgehead atoms. The maximum atomic E-state index is 12.0. The van der Waals surface area contributed by atoms with Gasteiger partial charge in [-0.05, 0) is 24.8 Å². The van der Waals surface area contributed by atoms with E-state index in [0.717, 1.165) is 18.4 Å². The summed E-state index contributed by atoms with van der Waals surface area (Å²) in [4.78, 5) is 24.1. The lowest BCUT2D eigenvalue weighted by atomic mass is 9.95. The van der Waals surface area contributed by atoms with Gasteiger partial charge in [-0.15, -0.1) is 10.2 Å². The highest BCUT2D eigenvalue weighted by Crippen LogP contribution is 2.25. The van der Waals surface area contributed by atoms with E-state index in [9.17, 15) is 9.59 Å². The topological polar surface area (TPSA) is 84.0 Å². The number of amides is 2. The molecule has 8 heteroatoms. The van der Waals surface area contributed by atoms with Crippen LogP contribution in [0.3, 0.4) is 0 Å². The molecule has 2 N–H and O–H groups in total. The van der Waals surface area contributed by atoms with Gasteiger partial charge in [0, 0.05) is 12.5 Å². The van der Waals surface area contributed by atoms with E-state index in [4.69, 9.17) is 0 Å². The summed E-state index contributed by atoms with van der Waals surface area (Å²) in [5.74, 6) is 0.282. The van der Waals surface area contributed by atoms with Crippen LogP contribution in [0.25, 0.3) is 0 Å². The van der Waals surface area contributed by atoms with E-state index in [2.05, 4.69) is 20.8 Å². The third-order valence-corrected chi connectivity index (χ3v) is 6.41. The smallest absolute Gasteiger partial charge is 0.230 e. The number of nitrogens with zero attached hydrogens (tertiary/aromatic N) is 2. The lowest BCUT2D eigenvalue weighted by Crippen LogP contribution is -2.37. The van der Waals surface area contributed by atoms with E-state index in [-0.39, 0.29) is 11.8 Å². The third kappa shape index (κ3) is 6.95. The van der Waals surface area contributed by atoms with Crippen LogP contribution in [0.4, 0.5) is 5.13 Å². The Hall–Kier alpha value is -1.93. The highest BCUT2D eigenvalue weighted by molar-refractivity contribution is 8.01. The Kier molecular flexibility index (Phi) is 7.65. The SMILES string of the molecule is O=C(CCc1ccccc1)Nc1nnc(SCC(=O)NC2CCCCC2)s1. The first-order chi connectivity index (χ1) is 13.2. The number of anilines is 1. The number of aromatic nitrogens is 2. The van der Waals surface area contributed by atoms with Crippen LogP contribution in [0.1, 0.15) is 44.1 Å².